The minimum atomic E-state index is -1.80. The number of hydrogen-bond donors (Lipinski definition) is 11. The fraction of sp³-hybridized carbons (Fsp3) is 0.410. The molecule has 1 aliphatic carbocycles. The molecular formula is C39H47N5O16S. The van der Waals surface area contributed by atoms with Crippen molar-refractivity contribution in [3.8, 4) is 28.2 Å². The zero-order chi connectivity index (χ0) is 43.4. The third kappa shape index (κ3) is 10.1. The number of aromatic hydroxyl groups is 1. The summed E-state index contributed by atoms with van der Waals surface area (Å²) in [5.74, 6) is -2.47. The minimum Gasteiger partial charge on any atom is -0.508 e. The summed E-state index contributed by atoms with van der Waals surface area (Å²) in [6.45, 7) is 0.536. The van der Waals surface area contributed by atoms with Crippen LogP contribution in [0.1, 0.15) is 17.3 Å². The summed E-state index contributed by atoms with van der Waals surface area (Å²) in [7, 11) is 2.46. The van der Waals surface area contributed by atoms with Gasteiger partial charge in [0.15, 0.2) is 29.2 Å². The van der Waals surface area contributed by atoms with Crippen LogP contribution in [0.5, 0.6) is 5.75 Å². The normalized spacial score (nSPS) is 26.2. The molecule has 21 nitrogen and oxygen atoms in total. The summed E-state index contributed by atoms with van der Waals surface area (Å²) >= 11 is 5.47. The van der Waals surface area contributed by atoms with Crippen LogP contribution in [-0.2, 0) is 33.3 Å². The highest BCUT2D eigenvalue weighted by Gasteiger charge is 2.53. The lowest BCUT2D eigenvalue weighted by Crippen LogP contribution is -2.68. The van der Waals surface area contributed by atoms with Crippen LogP contribution in [0.3, 0.4) is 0 Å². The Morgan fingerprint density at radius 1 is 0.852 bits per heavy atom. The van der Waals surface area contributed by atoms with E-state index in [0.29, 0.717) is 22.2 Å². The lowest BCUT2D eigenvalue weighted by Gasteiger charge is -2.47. The van der Waals surface area contributed by atoms with E-state index in [2.05, 4.69) is 21.3 Å². The summed E-state index contributed by atoms with van der Waals surface area (Å²) in [6.07, 6.45) is -13.6. The van der Waals surface area contributed by atoms with Crippen molar-refractivity contribution >= 4 is 51.8 Å². The van der Waals surface area contributed by atoms with Gasteiger partial charge in [-0.05, 0) is 60.2 Å². The number of carbonyl (C=O) groups is 3. The molecule has 10 atom stereocenters. The molecule has 330 valence electrons. The predicted molar refractivity (Wildman–Crippen MR) is 218 cm³/mol. The Morgan fingerprint density at radius 2 is 1.59 bits per heavy atom. The number of carbonyl (C=O) groups excluding carboxylic acids is 2. The molecule has 0 saturated carbocycles. The minimum absolute atomic E-state index is 0. The van der Waals surface area contributed by atoms with Crippen LogP contribution in [0.4, 0.5) is 5.69 Å². The number of methoxy groups -OCH3 is 2. The number of ether oxygens (including phenoxy) is 5. The number of thiocarbonyl (C=S) groups is 1. The monoisotopic (exact) mass is 873 g/mol. The number of aromatic carboxylic acids is 1. The first-order valence-corrected chi connectivity index (χ1v) is 18.9. The number of carboxylic acid groups (broad SMARTS) is 1. The molecule has 1 unspecified atom stereocenters. The van der Waals surface area contributed by atoms with Crippen LogP contribution in [0, 0.1) is 0 Å². The Hall–Kier alpha value is -5.37. The number of nitrogens with one attached hydrogen (secondary N) is 4. The molecule has 3 heterocycles. The summed E-state index contributed by atoms with van der Waals surface area (Å²) in [5, 5.41) is 74.6. The number of aliphatic hydroxyl groups excluding tert-OH is 4. The number of benzene rings is 3. The third-order valence-electron chi connectivity index (χ3n) is 9.99. The lowest BCUT2D eigenvalue weighted by molar-refractivity contribution is -0.338. The molecule has 0 radical (unpaired) electrons. The molecule has 3 aliphatic heterocycles. The number of hydrogen-bond acceptors (Lipinski definition) is 17. The van der Waals surface area contributed by atoms with Gasteiger partial charge >= 0.3 is 5.97 Å². The van der Waals surface area contributed by atoms with Crippen molar-refractivity contribution in [1.82, 2.24) is 22.1 Å². The predicted octanol–water partition coefficient (Wildman–Crippen LogP) is -0.391. The van der Waals surface area contributed by atoms with E-state index in [1.54, 1.807) is 12.1 Å². The van der Waals surface area contributed by atoms with E-state index in [1.807, 2.05) is 0 Å². The molecule has 2 saturated heterocycles. The Morgan fingerprint density at radius 3 is 2.26 bits per heavy atom. The summed E-state index contributed by atoms with van der Waals surface area (Å²) in [5.41, 5.74) is 1.34. The van der Waals surface area contributed by atoms with E-state index in [0.717, 1.165) is 0 Å². The largest absolute Gasteiger partial charge is 0.508 e. The molecule has 2 aromatic rings. The van der Waals surface area contributed by atoms with Crippen LogP contribution in [-0.4, -0.2) is 149 Å². The van der Waals surface area contributed by atoms with E-state index < -0.39 is 85.7 Å². The van der Waals surface area contributed by atoms with Crippen molar-refractivity contribution in [2.45, 2.75) is 68.3 Å². The number of rotatable bonds is 13. The van der Waals surface area contributed by atoms with E-state index in [9.17, 15) is 49.8 Å². The van der Waals surface area contributed by atoms with Crippen molar-refractivity contribution < 1.29 is 73.1 Å². The van der Waals surface area contributed by atoms with Gasteiger partial charge in [-0.15, -0.1) is 0 Å². The van der Waals surface area contributed by atoms with Crippen molar-refractivity contribution in [1.29, 1.82) is 0 Å². The molecule has 4 aliphatic rings. The van der Waals surface area contributed by atoms with Gasteiger partial charge < -0.3 is 86.2 Å². The van der Waals surface area contributed by atoms with Gasteiger partial charge in [0, 0.05) is 68.6 Å². The van der Waals surface area contributed by atoms with Crippen LogP contribution < -0.4 is 32.8 Å². The first-order valence-electron chi connectivity index (χ1n) is 18.5. The first kappa shape index (κ1) is 46.7. The molecule has 2 aromatic carbocycles. The molecule has 22 heteroatoms. The third-order valence-corrected chi connectivity index (χ3v) is 10.2. The maximum atomic E-state index is 13.4. The Labute approximate surface area is 352 Å². The maximum Gasteiger partial charge on any atom is 0.336 e. The molecule has 0 aromatic heterocycles. The van der Waals surface area contributed by atoms with Crippen LogP contribution in [0.25, 0.3) is 33.4 Å². The van der Waals surface area contributed by atoms with Gasteiger partial charge in [-0.25, -0.2) is 4.79 Å². The molecule has 6 rings (SSSR count). The second kappa shape index (κ2) is 20.0. The zero-order valence-electron chi connectivity index (χ0n) is 33.0. The number of phenols is 1. The number of anilines is 1. The van der Waals surface area contributed by atoms with Gasteiger partial charge in [0.2, 0.25) is 5.91 Å². The highest BCUT2D eigenvalue weighted by molar-refractivity contribution is 7.80. The molecule has 0 bridgehead atoms. The molecule has 0 spiro atoms. The van der Waals surface area contributed by atoms with Crippen molar-refractivity contribution in [2.24, 2.45) is 0 Å². The summed E-state index contributed by atoms with van der Waals surface area (Å²) in [4.78, 5) is 50.1. The second-order valence-corrected chi connectivity index (χ2v) is 14.3. The highest BCUT2D eigenvalue weighted by Crippen LogP contribution is 2.42. The van der Waals surface area contributed by atoms with Crippen molar-refractivity contribution in [2.75, 3.05) is 39.2 Å². The lowest BCUT2D eigenvalue weighted by atomic mass is 9.90. The number of carboxylic acids is 1. The quantitative estimate of drug-likeness (QED) is 0.0463. The number of aliphatic hydroxyl groups is 4. The molecule has 13 N–H and O–H groups in total. The van der Waals surface area contributed by atoms with Crippen molar-refractivity contribution in [3.63, 3.8) is 0 Å². The van der Waals surface area contributed by atoms with Gasteiger partial charge in [-0.1, -0.05) is 0 Å². The average Bonchev–Trinajstić information content (AvgIpc) is 3.21. The highest BCUT2D eigenvalue weighted by atomic mass is 32.1. The topological polar surface area (TPSA) is 332 Å². The molecule has 2 amide bonds. The van der Waals surface area contributed by atoms with Crippen LogP contribution >= 0.6 is 12.2 Å². The summed E-state index contributed by atoms with van der Waals surface area (Å²) in [6, 6.07) is 11.8. The zero-order valence-corrected chi connectivity index (χ0v) is 33.8. The fourth-order valence-corrected chi connectivity index (χ4v) is 7.42. The Balaban J connectivity index is 0.00000704. The Bertz CT molecular complexity index is 2260. The van der Waals surface area contributed by atoms with Gasteiger partial charge in [0.05, 0.1) is 12.2 Å². The second-order valence-electron chi connectivity index (χ2n) is 13.9. The van der Waals surface area contributed by atoms with Gasteiger partial charge in [0.1, 0.15) is 59.8 Å². The average molecular weight is 874 g/mol. The van der Waals surface area contributed by atoms with Crippen molar-refractivity contribution in [3.05, 3.63) is 70.4 Å². The number of fused-ring (bicyclic) bond motifs is 2. The molecule has 2 fully saturated rings. The van der Waals surface area contributed by atoms with E-state index in [-0.39, 0.29) is 58.0 Å². The standard InChI is InChI=1S/C39H44N4O16S.H3N/c1-16(45)42-28-32(29(48)26(15-44)57-37(28)55-3)58-38-31(50)30(49)33(54-2)34(59-38)35(51)40-10-11-41-39(60)43-17-4-7-20(36(52)53)23(12-17)27-21-8-5-18(46)13-24(21)56-25-14-19(47)6-9-22(25)27;/h4-9,12-14,26,28-34,37-38,44,46,48-50H,10-11,15H2,1-3H3,(H,40,51)(H,42,45)(H,52,53)(H2,41,43,60);1H3/t26-,28-,29-,30?,31-,32-,33+,34+,37-,38-;/m1./s1. The van der Waals surface area contributed by atoms with E-state index in [4.69, 9.17) is 40.3 Å². The molecular weight excluding hydrogens is 827 g/mol. The van der Waals surface area contributed by atoms with Gasteiger partial charge in [0.25, 0.3) is 5.91 Å². The Kier molecular flexibility index (Phi) is 15.3. The van der Waals surface area contributed by atoms with E-state index >= 15 is 0 Å². The molecule has 61 heavy (non-hydrogen) atoms. The maximum absolute atomic E-state index is 13.4. The number of amides is 2. The SMILES string of the molecule is CO[C@@H]1O[C@H](CO)[C@@H](O)[C@H](O[C@@H]2O[C@H](C(=O)NCCNC(=S)Nc3ccc(C(=O)O)c(-c4c5ccc(=O)cc-5oc5cc(O)ccc45)c3)[C@@H](OC)C(O)[C@H]2O)[C@H]1NC(C)=O.N. The number of phenolic OH excluding ortho intramolecular Hbond substituents is 1. The fourth-order valence-electron chi connectivity index (χ4n) is 7.20. The van der Waals surface area contributed by atoms with Gasteiger partial charge in [-0.3, -0.25) is 14.4 Å². The summed E-state index contributed by atoms with van der Waals surface area (Å²) < 4.78 is 33.7. The van der Waals surface area contributed by atoms with Crippen LogP contribution in [0.2, 0.25) is 0 Å². The smallest absolute Gasteiger partial charge is 0.336 e. The van der Waals surface area contributed by atoms with Gasteiger partial charge in [-0.2, -0.15) is 0 Å². The van der Waals surface area contributed by atoms with E-state index in [1.165, 1.54) is 63.6 Å². The van der Waals surface area contributed by atoms with Crippen LogP contribution in [0.15, 0.2) is 63.8 Å². The first-order chi connectivity index (χ1) is 28.6.